The summed E-state index contributed by atoms with van der Waals surface area (Å²) in [5.74, 6) is 0.456. The molecule has 2 aromatic rings. The van der Waals surface area contributed by atoms with Crippen LogP contribution in [0.2, 0.25) is 0 Å². The second-order valence-electron chi connectivity index (χ2n) is 5.94. The van der Waals surface area contributed by atoms with Crippen molar-refractivity contribution >= 4 is 29.2 Å². The van der Waals surface area contributed by atoms with Gasteiger partial charge in [0, 0.05) is 31.3 Å². The van der Waals surface area contributed by atoms with Crippen LogP contribution in [0.4, 0.5) is 16.2 Å². The van der Waals surface area contributed by atoms with Gasteiger partial charge in [-0.2, -0.15) is 0 Å². The van der Waals surface area contributed by atoms with E-state index in [0.717, 1.165) is 0 Å². The number of nitrogens with one attached hydrogen (secondary N) is 4. The third-order valence-corrected chi connectivity index (χ3v) is 3.81. The van der Waals surface area contributed by atoms with Gasteiger partial charge in [0.05, 0.1) is 19.9 Å². The van der Waals surface area contributed by atoms with Crippen LogP contribution in [0.25, 0.3) is 0 Å². The number of amides is 4. The number of hydrogen-bond acceptors (Lipinski definition) is 5. The summed E-state index contributed by atoms with van der Waals surface area (Å²) in [5.41, 5.74) is 1.53. The van der Waals surface area contributed by atoms with Crippen molar-refractivity contribution in [3.05, 3.63) is 48.0 Å². The van der Waals surface area contributed by atoms with Crippen LogP contribution in [-0.2, 0) is 4.79 Å². The Morgan fingerprint density at radius 2 is 1.55 bits per heavy atom. The lowest BCUT2D eigenvalue weighted by molar-refractivity contribution is -0.114. The standard InChI is InChI=1S/C20H24N4O5/c1-13(25)23-15-9-7-14(8-10-15)19(26)21-11-12-22-20(27)24-16-5-4-6-17(28-2)18(16)29-3/h4-10H,11-12H2,1-3H3,(H,21,26)(H,23,25)(H2,22,24,27). The molecule has 9 heteroatoms. The Balaban J connectivity index is 1.78. The number of carbonyl (C=O) groups excluding carboxylic acids is 3. The van der Waals surface area contributed by atoms with E-state index in [2.05, 4.69) is 21.3 Å². The minimum atomic E-state index is -0.439. The maximum absolute atomic E-state index is 12.1. The lowest BCUT2D eigenvalue weighted by Crippen LogP contribution is -2.36. The zero-order valence-corrected chi connectivity index (χ0v) is 16.5. The highest BCUT2D eigenvalue weighted by Crippen LogP contribution is 2.34. The van der Waals surface area contributed by atoms with Crippen LogP contribution < -0.4 is 30.7 Å². The van der Waals surface area contributed by atoms with Crippen LogP contribution in [0, 0.1) is 0 Å². The van der Waals surface area contributed by atoms with Gasteiger partial charge in [0.2, 0.25) is 5.91 Å². The van der Waals surface area contributed by atoms with E-state index in [0.29, 0.717) is 28.4 Å². The maximum atomic E-state index is 12.1. The highest BCUT2D eigenvalue weighted by atomic mass is 16.5. The van der Waals surface area contributed by atoms with Gasteiger partial charge in [0.15, 0.2) is 11.5 Å². The molecule has 154 valence electrons. The van der Waals surface area contributed by atoms with Gasteiger partial charge in [-0.05, 0) is 36.4 Å². The summed E-state index contributed by atoms with van der Waals surface area (Å²) >= 11 is 0. The smallest absolute Gasteiger partial charge is 0.319 e. The molecule has 4 amide bonds. The summed E-state index contributed by atoms with van der Waals surface area (Å²) in [6, 6.07) is 11.2. The van der Waals surface area contributed by atoms with Crippen LogP contribution in [0.3, 0.4) is 0 Å². The van der Waals surface area contributed by atoms with Gasteiger partial charge in [-0.25, -0.2) is 4.79 Å². The maximum Gasteiger partial charge on any atom is 0.319 e. The van der Waals surface area contributed by atoms with Crippen LogP contribution in [0.15, 0.2) is 42.5 Å². The average molecular weight is 400 g/mol. The molecule has 0 saturated carbocycles. The number of carbonyl (C=O) groups is 3. The molecule has 0 saturated heterocycles. The number of urea groups is 1. The number of hydrogen-bond donors (Lipinski definition) is 4. The molecular weight excluding hydrogens is 376 g/mol. The number of anilines is 2. The van der Waals surface area contributed by atoms with Crippen molar-refractivity contribution in [3.63, 3.8) is 0 Å². The number of para-hydroxylation sites is 1. The van der Waals surface area contributed by atoms with E-state index in [1.807, 2.05) is 0 Å². The molecule has 0 radical (unpaired) electrons. The van der Waals surface area contributed by atoms with E-state index in [1.54, 1.807) is 42.5 Å². The molecule has 2 rings (SSSR count). The lowest BCUT2D eigenvalue weighted by Gasteiger charge is -2.14. The molecule has 29 heavy (non-hydrogen) atoms. The van der Waals surface area contributed by atoms with Gasteiger partial charge < -0.3 is 30.7 Å². The van der Waals surface area contributed by atoms with Crippen LogP contribution in [-0.4, -0.2) is 45.2 Å². The highest BCUT2D eigenvalue weighted by molar-refractivity contribution is 5.95. The molecule has 9 nitrogen and oxygen atoms in total. The molecule has 0 bridgehead atoms. The third kappa shape index (κ3) is 6.42. The molecule has 0 aliphatic heterocycles. The van der Waals surface area contributed by atoms with Crippen molar-refractivity contribution in [3.8, 4) is 11.5 Å². The van der Waals surface area contributed by atoms with E-state index in [-0.39, 0.29) is 24.9 Å². The largest absolute Gasteiger partial charge is 0.493 e. The molecule has 0 spiro atoms. The van der Waals surface area contributed by atoms with Crippen molar-refractivity contribution in [2.75, 3.05) is 37.9 Å². The predicted octanol–water partition coefficient (Wildman–Crippen LogP) is 2.21. The van der Waals surface area contributed by atoms with Crippen LogP contribution >= 0.6 is 0 Å². The molecule has 2 aromatic carbocycles. The first-order valence-electron chi connectivity index (χ1n) is 8.86. The fraction of sp³-hybridized carbons (Fsp3) is 0.250. The minimum Gasteiger partial charge on any atom is -0.493 e. The zero-order chi connectivity index (χ0) is 21.2. The van der Waals surface area contributed by atoms with Crippen molar-refractivity contribution < 1.29 is 23.9 Å². The molecule has 4 N–H and O–H groups in total. The summed E-state index contributed by atoms with van der Waals surface area (Å²) in [6.07, 6.45) is 0. The molecule has 0 heterocycles. The topological polar surface area (TPSA) is 118 Å². The Hall–Kier alpha value is -3.75. The summed E-state index contributed by atoms with van der Waals surface area (Å²) in [6.45, 7) is 1.89. The third-order valence-electron chi connectivity index (χ3n) is 3.81. The molecule has 0 aromatic heterocycles. The first-order chi connectivity index (χ1) is 13.9. The van der Waals surface area contributed by atoms with Gasteiger partial charge in [0.1, 0.15) is 0 Å². The van der Waals surface area contributed by atoms with Crippen molar-refractivity contribution in [1.29, 1.82) is 0 Å². The number of ether oxygens (including phenoxy) is 2. The van der Waals surface area contributed by atoms with Gasteiger partial charge in [-0.15, -0.1) is 0 Å². The first kappa shape index (κ1) is 21.5. The molecule has 0 unspecified atom stereocenters. The van der Waals surface area contributed by atoms with E-state index >= 15 is 0 Å². The monoisotopic (exact) mass is 400 g/mol. The molecule has 0 atom stereocenters. The molecule has 0 fully saturated rings. The fourth-order valence-electron chi connectivity index (χ4n) is 2.51. The van der Waals surface area contributed by atoms with Gasteiger partial charge in [-0.3, -0.25) is 9.59 Å². The summed E-state index contributed by atoms with van der Waals surface area (Å²) in [5, 5.41) is 10.7. The van der Waals surface area contributed by atoms with Crippen molar-refractivity contribution in [2.24, 2.45) is 0 Å². The van der Waals surface area contributed by atoms with Gasteiger partial charge in [0.25, 0.3) is 5.91 Å². The van der Waals surface area contributed by atoms with Crippen molar-refractivity contribution in [2.45, 2.75) is 6.92 Å². The quantitative estimate of drug-likeness (QED) is 0.507. The summed E-state index contributed by atoms with van der Waals surface area (Å²) in [7, 11) is 3.00. The molecule has 0 aliphatic rings. The number of benzene rings is 2. The lowest BCUT2D eigenvalue weighted by atomic mass is 10.2. The van der Waals surface area contributed by atoms with Gasteiger partial charge >= 0.3 is 6.03 Å². The van der Waals surface area contributed by atoms with Crippen molar-refractivity contribution in [1.82, 2.24) is 10.6 Å². The average Bonchev–Trinajstić information content (AvgIpc) is 2.70. The highest BCUT2D eigenvalue weighted by Gasteiger charge is 2.12. The van der Waals surface area contributed by atoms with E-state index < -0.39 is 6.03 Å². The second kappa shape index (κ2) is 10.5. The second-order valence-corrected chi connectivity index (χ2v) is 5.94. The Kier molecular flexibility index (Phi) is 7.84. The fourth-order valence-corrected chi connectivity index (χ4v) is 2.51. The van der Waals surface area contributed by atoms with E-state index in [4.69, 9.17) is 9.47 Å². The Morgan fingerprint density at radius 3 is 2.17 bits per heavy atom. The van der Waals surface area contributed by atoms with Gasteiger partial charge in [-0.1, -0.05) is 6.07 Å². The minimum absolute atomic E-state index is 0.182. The van der Waals surface area contributed by atoms with E-state index in [1.165, 1.54) is 21.1 Å². The molecular formula is C20H24N4O5. The summed E-state index contributed by atoms with van der Waals surface area (Å²) < 4.78 is 10.4. The SMILES string of the molecule is COc1cccc(NC(=O)NCCNC(=O)c2ccc(NC(C)=O)cc2)c1OC. The number of methoxy groups -OCH3 is 2. The zero-order valence-electron chi connectivity index (χ0n) is 16.5. The Bertz CT molecular complexity index is 868. The van der Waals surface area contributed by atoms with Crippen LogP contribution in [0.1, 0.15) is 17.3 Å². The summed E-state index contributed by atoms with van der Waals surface area (Å²) in [4.78, 5) is 35.2. The Labute approximate surface area is 168 Å². The van der Waals surface area contributed by atoms with E-state index in [9.17, 15) is 14.4 Å². The van der Waals surface area contributed by atoms with Crippen LogP contribution in [0.5, 0.6) is 11.5 Å². The first-order valence-corrected chi connectivity index (χ1v) is 8.86. The predicted molar refractivity (Wildman–Crippen MR) is 110 cm³/mol. The normalized spacial score (nSPS) is 9.90. The molecule has 0 aliphatic carbocycles. The number of rotatable bonds is 8. The Morgan fingerprint density at radius 1 is 0.862 bits per heavy atom.